The van der Waals surface area contributed by atoms with Gasteiger partial charge in [-0.2, -0.15) is 5.10 Å². The number of hydrogen-bond acceptors (Lipinski definition) is 3. The summed E-state index contributed by atoms with van der Waals surface area (Å²) in [5.74, 6) is 0.320. The molecule has 0 amide bonds. The van der Waals surface area contributed by atoms with Gasteiger partial charge in [-0.1, -0.05) is 84.4 Å². The van der Waals surface area contributed by atoms with Crippen molar-refractivity contribution in [2.24, 2.45) is 11.1 Å². The van der Waals surface area contributed by atoms with E-state index in [0.717, 1.165) is 41.9 Å². The highest BCUT2D eigenvalue weighted by Gasteiger charge is 2.38. The van der Waals surface area contributed by atoms with Crippen molar-refractivity contribution in [3.8, 4) is 0 Å². The van der Waals surface area contributed by atoms with Gasteiger partial charge >= 0.3 is 0 Å². The van der Waals surface area contributed by atoms with E-state index in [2.05, 4.69) is 88.2 Å². The number of benzene rings is 2. The SMILES string of the molecule is O/N=C(/c1n[nH]c2c1C=CC(c1ccccc1)(c1ccccc1)C2)C1CCC1. The summed E-state index contributed by atoms with van der Waals surface area (Å²) in [5, 5.41) is 21.0. The van der Waals surface area contributed by atoms with Crippen molar-refractivity contribution in [1.29, 1.82) is 0 Å². The van der Waals surface area contributed by atoms with Gasteiger partial charge in [0.05, 0.1) is 0 Å². The predicted octanol–water partition coefficient (Wildman–Crippen LogP) is 4.94. The Morgan fingerprint density at radius 1 is 1.00 bits per heavy atom. The molecule has 0 bridgehead atoms. The Morgan fingerprint density at radius 2 is 1.64 bits per heavy atom. The molecular weight excluding hydrogens is 346 g/mol. The van der Waals surface area contributed by atoms with Crippen molar-refractivity contribution in [2.75, 3.05) is 0 Å². The molecule has 2 aromatic carbocycles. The highest BCUT2D eigenvalue weighted by molar-refractivity contribution is 6.03. The topological polar surface area (TPSA) is 61.3 Å². The number of fused-ring (bicyclic) bond motifs is 1. The van der Waals surface area contributed by atoms with Gasteiger partial charge in [0, 0.05) is 29.0 Å². The second kappa shape index (κ2) is 6.79. The Morgan fingerprint density at radius 3 is 2.18 bits per heavy atom. The van der Waals surface area contributed by atoms with Crippen LogP contribution in [0, 0.1) is 5.92 Å². The minimum atomic E-state index is -0.244. The minimum Gasteiger partial charge on any atom is -0.411 e. The van der Waals surface area contributed by atoms with Crippen molar-refractivity contribution >= 4 is 11.8 Å². The first-order chi connectivity index (χ1) is 13.8. The standard InChI is InChI=1S/C24H23N3O/c28-27-22(17-8-7-9-17)23-20-14-15-24(16-21(20)25-26-23,18-10-3-1-4-11-18)19-12-5-2-6-13-19/h1-6,10-15,17,28H,7-9,16H2,(H,25,26)/b27-22+. The highest BCUT2D eigenvalue weighted by atomic mass is 16.4. The molecule has 5 rings (SSSR count). The van der Waals surface area contributed by atoms with Crippen LogP contribution in [0.5, 0.6) is 0 Å². The van der Waals surface area contributed by atoms with Crippen LogP contribution in [0.1, 0.15) is 47.3 Å². The summed E-state index contributed by atoms with van der Waals surface area (Å²) in [7, 11) is 0. The van der Waals surface area contributed by atoms with Gasteiger partial charge in [-0.3, -0.25) is 5.10 Å². The lowest BCUT2D eigenvalue weighted by Crippen LogP contribution is -2.31. The van der Waals surface area contributed by atoms with Crippen LogP contribution in [-0.4, -0.2) is 21.1 Å². The molecule has 28 heavy (non-hydrogen) atoms. The van der Waals surface area contributed by atoms with Gasteiger partial charge in [0.15, 0.2) is 0 Å². The maximum absolute atomic E-state index is 9.60. The molecule has 0 aliphatic heterocycles. The van der Waals surface area contributed by atoms with Gasteiger partial charge in [-0.25, -0.2) is 0 Å². The van der Waals surface area contributed by atoms with E-state index in [1.165, 1.54) is 17.5 Å². The predicted molar refractivity (Wildman–Crippen MR) is 111 cm³/mol. The van der Waals surface area contributed by atoms with Crippen LogP contribution in [0.2, 0.25) is 0 Å². The molecule has 0 spiro atoms. The van der Waals surface area contributed by atoms with Crippen LogP contribution < -0.4 is 0 Å². The second-order valence-corrected chi connectivity index (χ2v) is 7.79. The molecule has 140 valence electrons. The molecular formula is C24H23N3O. The molecule has 1 aromatic heterocycles. The summed E-state index contributed by atoms with van der Waals surface area (Å²) in [6.07, 6.45) is 8.57. The number of nitrogens with zero attached hydrogens (tertiary/aromatic N) is 2. The van der Waals surface area contributed by atoms with Crippen LogP contribution >= 0.6 is 0 Å². The van der Waals surface area contributed by atoms with Crippen LogP contribution in [0.4, 0.5) is 0 Å². The van der Waals surface area contributed by atoms with Gasteiger partial charge in [-0.05, 0) is 24.0 Å². The first kappa shape index (κ1) is 17.0. The normalized spacial score (nSPS) is 18.5. The molecule has 0 unspecified atom stereocenters. The van der Waals surface area contributed by atoms with Gasteiger partial charge in [0.2, 0.25) is 0 Å². The third-order valence-electron chi connectivity index (χ3n) is 6.29. The fourth-order valence-corrected chi connectivity index (χ4v) is 4.50. The lowest BCUT2D eigenvalue weighted by Gasteiger charge is -2.34. The van der Waals surface area contributed by atoms with Crippen molar-refractivity contribution in [2.45, 2.75) is 31.1 Å². The average Bonchev–Trinajstić information content (AvgIpc) is 3.14. The molecule has 1 fully saturated rings. The molecule has 2 aliphatic carbocycles. The first-order valence-electron chi connectivity index (χ1n) is 9.92. The van der Waals surface area contributed by atoms with E-state index in [-0.39, 0.29) is 5.41 Å². The van der Waals surface area contributed by atoms with Gasteiger partial charge in [0.1, 0.15) is 11.4 Å². The summed E-state index contributed by atoms with van der Waals surface area (Å²) in [5.41, 5.74) is 5.94. The monoisotopic (exact) mass is 369 g/mol. The van der Waals surface area contributed by atoms with Crippen molar-refractivity contribution in [3.05, 3.63) is 94.8 Å². The maximum atomic E-state index is 9.60. The highest BCUT2D eigenvalue weighted by Crippen LogP contribution is 2.42. The quantitative estimate of drug-likeness (QED) is 0.389. The number of aromatic amines is 1. The fourth-order valence-electron chi connectivity index (χ4n) is 4.50. The largest absolute Gasteiger partial charge is 0.411 e. The molecule has 0 radical (unpaired) electrons. The number of allylic oxidation sites excluding steroid dienone is 1. The van der Waals surface area contributed by atoms with Crippen LogP contribution in [-0.2, 0) is 11.8 Å². The lowest BCUT2D eigenvalue weighted by atomic mass is 9.68. The van der Waals surface area contributed by atoms with E-state index in [0.29, 0.717) is 5.92 Å². The Labute approximate surface area is 164 Å². The van der Waals surface area contributed by atoms with Crippen LogP contribution in [0.25, 0.3) is 6.08 Å². The number of oxime groups is 1. The third-order valence-corrected chi connectivity index (χ3v) is 6.29. The van der Waals surface area contributed by atoms with Gasteiger partial charge in [0.25, 0.3) is 0 Å². The number of hydrogen-bond donors (Lipinski definition) is 2. The molecule has 0 saturated heterocycles. The summed E-state index contributed by atoms with van der Waals surface area (Å²) in [6, 6.07) is 21.2. The van der Waals surface area contributed by atoms with E-state index in [1.807, 2.05) is 0 Å². The van der Waals surface area contributed by atoms with Crippen LogP contribution in [0.3, 0.4) is 0 Å². The molecule has 2 aliphatic rings. The Balaban J connectivity index is 1.61. The first-order valence-corrected chi connectivity index (χ1v) is 9.92. The molecule has 1 heterocycles. The Bertz CT molecular complexity index is 991. The zero-order chi connectivity index (χ0) is 19.0. The Kier molecular flexibility index (Phi) is 4.12. The number of H-pyrrole nitrogens is 1. The minimum absolute atomic E-state index is 0.244. The number of aromatic nitrogens is 2. The van der Waals surface area contributed by atoms with E-state index in [9.17, 15) is 5.21 Å². The third kappa shape index (κ3) is 2.60. The summed E-state index contributed by atoms with van der Waals surface area (Å²) in [6.45, 7) is 0. The number of nitrogens with one attached hydrogen (secondary N) is 1. The van der Waals surface area contributed by atoms with Crippen molar-refractivity contribution in [1.82, 2.24) is 10.2 Å². The molecule has 4 heteroatoms. The zero-order valence-corrected chi connectivity index (χ0v) is 15.7. The van der Waals surface area contributed by atoms with E-state index >= 15 is 0 Å². The molecule has 3 aromatic rings. The van der Waals surface area contributed by atoms with E-state index in [1.54, 1.807) is 0 Å². The van der Waals surface area contributed by atoms with E-state index < -0.39 is 0 Å². The van der Waals surface area contributed by atoms with Gasteiger partial charge < -0.3 is 5.21 Å². The Hall–Kier alpha value is -3.14. The zero-order valence-electron chi connectivity index (χ0n) is 15.7. The molecule has 0 atom stereocenters. The van der Waals surface area contributed by atoms with Gasteiger partial charge in [-0.15, -0.1) is 0 Å². The van der Waals surface area contributed by atoms with E-state index in [4.69, 9.17) is 0 Å². The molecule has 2 N–H and O–H groups in total. The summed E-state index contributed by atoms with van der Waals surface area (Å²) < 4.78 is 0. The molecule has 1 saturated carbocycles. The summed E-state index contributed by atoms with van der Waals surface area (Å²) >= 11 is 0. The maximum Gasteiger partial charge on any atom is 0.117 e. The second-order valence-electron chi connectivity index (χ2n) is 7.79. The van der Waals surface area contributed by atoms with Crippen molar-refractivity contribution < 1.29 is 5.21 Å². The van der Waals surface area contributed by atoms with Crippen molar-refractivity contribution in [3.63, 3.8) is 0 Å². The summed E-state index contributed by atoms with van der Waals surface area (Å²) in [4.78, 5) is 0. The smallest absolute Gasteiger partial charge is 0.117 e. The molecule has 4 nitrogen and oxygen atoms in total. The van der Waals surface area contributed by atoms with Crippen LogP contribution in [0.15, 0.2) is 71.9 Å². The lowest BCUT2D eigenvalue weighted by molar-refractivity contribution is 0.305. The number of rotatable bonds is 4. The fraction of sp³-hybridized carbons (Fsp3) is 0.250. The average molecular weight is 369 g/mol.